The van der Waals surface area contributed by atoms with Crippen molar-refractivity contribution in [3.05, 3.63) is 52.0 Å². The van der Waals surface area contributed by atoms with Gasteiger partial charge in [0.15, 0.2) is 6.29 Å². The van der Waals surface area contributed by atoms with Gasteiger partial charge in [0, 0.05) is 22.6 Å². The molecular weight excluding hydrogens is 254 g/mol. The van der Waals surface area contributed by atoms with Crippen molar-refractivity contribution in [2.75, 3.05) is 0 Å². The summed E-state index contributed by atoms with van der Waals surface area (Å²) < 4.78 is 5.15. The lowest BCUT2D eigenvalue weighted by Crippen LogP contribution is -1.92. The zero-order valence-electron chi connectivity index (χ0n) is 9.45. The third-order valence-corrected chi connectivity index (χ3v) is 3.60. The Kier molecular flexibility index (Phi) is 3.47. The van der Waals surface area contributed by atoms with Gasteiger partial charge in [-0.15, -0.1) is 0 Å². The molecular formula is C12H9NO4S. The number of aldehydes is 1. The van der Waals surface area contributed by atoms with E-state index < -0.39 is 4.92 Å². The molecule has 0 saturated carbocycles. The summed E-state index contributed by atoms with van der Waals surface area (Å²) >= 11 is 1.34. The molecule has 0 amide bonds. The van der Waals surface area contributed by atoms with Crippen LogP contribution in [0.1, 0.15) is 16.1 Å². The number of carbonyl (C=O) groups is 1. The van der Waals surface area contributed by atoms with Crippen LogP contribution in [0.15, 0.2) is 44.7 Å². The average Bonchev–Trinajstić information content (AvgIpc) is 2.75. The largest absolute Gasteiger partial charge is 0.468 e. The van der Waals surface area contributed by atoms with Crippen LogP contribution in [0.3, 0.4) is 0 Å². The molecule has 0 aliphatic carbocycles. The van der Waals surface area contributed by atoms with Crippen molar-refractivity contribution in [2.24, 2.45) is 0 Å². The quantitative estimate of drug-likeness (QED) is 0.479. The molecule has 1 aromatic carbocycles. The van der Waals surface area contributed by atoms with Crippen LogP contribution in [0.25, 0.3) is 0 Å². The van der Waals surface area contributed by atoms with Gasteiger partial charge in [-0.1, -0.05) is 11.8 Å². The molecule has 1 aromatic heterocycles. The number of hydrogen-bond acceptors (Lipinski definition) is 5. The predicted molar refractivity (Wildman–Crippen MR) is 66.1 cm³/mol. The van der Waals surface area contributed by atoms with Gasteiger partial charge in [-0.3, -0.25) is 14.9 Å². The first kappa shape index (κ1) is 12.4. The molecule has 0 N–H and O–H groups in total. The Balaban J connectivity index is 2.36. The summed E-state index contributed by atoms with van der Waals surface area (Å²) in [6.45, 7) is 1.81. The standard InChI is InChI=1S/C12H9NO4S/c1-8-11(4-5-17-8)18-12-3-2-10(13(15)16)6-9(12)7-14/h2-7H,1H3. The first-order valence-electron chi connectivity index (χ1n) is 5.07. The maximum absolute atomic E-state index is 11.0. The number of rotatable bonds is 4. The molecule has 0 unspecified atom stereocenters. The smallest absolute Gasteiger partial charge is 0.270 e. The first-order chi connectivity index (χ1) is 8.61. The van der Waals surface area contributed by atoms with E-state index in [9.17, 15) is 14.9 Å². The second-order valence-corrected chi connectivity index (χ2v) is 4.62. The minimum absolute atomic E-state index is 0.0923. The van der Waals surface area contributed by atoms with Gasteiger partial charge in [-0.25, -0.2) is 0 Å². The fourth-order valence-corrected chi connectivity index (χ4v) is 2.35. The van der Waals surface area contributed by atoms with E-state index in [1.165, 1.54) is 23.9 Å². The molecule has 0 fully saturated rings. The summed E-state index contributed by atoms with van der Waals surface area (Å²) in [4.78, 5) is 22.6. The van der Waals surface area contributed by atoms with Crippen molar-refractivity contribution in [3.63, 3.8) is 0 Å². The summed E-state index contributed by atoms with van der Waals surface area (Å²) in [5, 5.41) is 10.6. The zero-order valence-corrected chi connectivity index (χ0v) is 10.3. The molecule has 0 bridgehead atoms. The van der Waals surface area contributed by atoms with Gasteiger partial charge in [-0.05, 0) is 19.1 Å². The van der Waals surface area contributed by atoms with Crippen LogP contribution in [0, 0.1) is 17.0 Å². The number of hydrogen-bond donors (Lipinski definition) is 0. The highest BCUT2D eigenvalue weighted by molar-refractivity contribution is 7.99. The van der Waals surface area contributed by atoms with Gasteiger partial charge in [0.05, 0.1) is 16.1 Å². The number of carbonyl (C=O) groups excluding carboxylic acids is 1. The molecule has 0 atom stereocenters. The number of benzene rings is 1. The van der Waals surface area contributed by atoms with Crippen molar-refractivity contribution < 1.29 is 14.1 Å². The molecule has 0 aliphatic rings. The number of furan rings is 1. The third kappa shape index (κ3) is 2.43. The van der Waals surface area contributed by atoms with E-state index in [1.54, 1.807) is 18.4 Å². The molecule has 92 valence electrons. The normalized spacial score (nSPS) is 10.3. The molecule has 18 heavy (non-hydrogen) atoms. The highest BCUT2D eigenvalue weighted by Gasteiger charge is 2.12. The Morgan fingerprint density at radius 1 is 1.33 bits per heavy atom. The minimum Gasteiger partial charge on any atom is -0.468 e. The number of nitrogens with zero attached hydrogens (tertiary/aromatic N) is 1. The van der Waals surface area contributed by atoms with Gasteiger partial charge in [0.25, 0.3) is 5.69 Å². The molecule has 1 heterocycles. The average molecular weight is 263 g/mol. The summed E-state index contributed by atoms with van der Waals surface area (Å²) in [7, 11) is 0. The lowest BCUT2D eigenvalue weighted by Gasteiger charge is -2.03. The highest BCUT2D eigenvalue weighted by atomic mass is 32.2. The Bertz CT molecular complexity index is 606. The van der Waals surface area contributed by atoms with Crippen molar-refractivity contribution in [1.29, 1.82) is 0 Å². The summed E-state index contributed by atoms with van der Waals surface area (Å²) in [5.74, 6) is 0.746. The molecule has 2 aromatic rings. The molecule has 5 nitrogen and oxygen atoms in total. The number of nitro benzene ring substituents is 1. The van der Waals surface area contributed by atoms with E-state index in [0.29, 0.717) is 16.7 Å². The first-order valence-corrected chi connectivity index (χ1v) is 5.89. The summed E-state index contributed by atoms with van der Waals surface area (Å²) in [6.07, 6.45) is 2.17. The van der Waals surface area contributed by atoms with Gasteiger partial charge >= 0.3 is 0 Å². The molecule has 6 heteroatoms. The molecule has 0 spiro atoms. The maximum atomic E-state index is 11.0. The Hall–Kier alpha value is -2.08. The molecule has 0 aliphatic heterocycles. The monoisotopic (exact) mass is 263 g/mol. The lowest BCUT2D eigenvalue weighted by molar-refractivity contribution is -0.384. The third-order valence-electron chi connectivity index (χ3n) is 2.36. The van der Waals surface area contributed by atoms with Crippen molar-refractivity contribution in [3.8, 4) is 0 Å². The Morgan fingerprint density at radius 3 is 2.67 bits per heavy atom. The number of aryl methyl sites for hydroxylation is 1. The van der Waals surface area contributed by atoms with Gasteiger partial charge in [-0.2, -0.15) is 0 Å². The second kappa shape index (κ2) is 5.05. The van der Waals surface area contributed by atoms with Crippen molar-refractivity contribution in [1.82, 2.24) is 0 Å². The molecule has 0 saturated heterocycles. The van der Waals surface area contributed by atoms with Crippen molar-refractivity contribution >= 4 is 23.7 Å². The van der Waals surface area contributed by atoms with Crippen molar-refractivity contribution in [2.45, 2.75) is 16.7 Å². The van der Waals surface area contributed by atoms with E-state index in [-0.39, 0.29) is 5.69 Å². The second-order valence-electron chi connectivity index (χ2n) is 3.54. The van der Waals surface area contributed by atoms with Gasteiger partial charge in [0.1, 0.15) is 5.76 Å². The zero-order chi connectivity index (χ0) is 13.1. The van der Waals surface area contributed by atoms with Crippen LogP contribution < -0.4 is 0 Å². The molecule has 2 rings (SSSR count). The van der Waals surface area contributed by atoms with Crippen LogP contribution in [0.2, 0.25) is 0 Å². The van der Waals surface area contributed by atoms with Crippen LogP contribution >= 0.6 is 11.8 Å². The SMILES string of the molecule is Cc1occc1Sc1ccc([N+](=O)[O-])cc1C=O. The van der Waals surface area contributed by atoms with Crippen LogP contribution in [-0.2, 0) is 0 Å². The Morgan fingerprint density at radius 2 is 2.11 bits per heavy atom. The molecule has 0 radical (unpaired) electrons. The van der Waals surface area contributed by atoms with Crippen LogP contribution in [0.4, 0.5) is 5.69 Å². The fraction of sp³-hybridized carbons (Fsp3) is 0.0833. The summed E-state index contributed by atoms with van der Waals surface area (Å²) in [5.41, 5.74) is 0.208. The van der Waals surface area contributed by atoms with Gasteiger partial charge < -0.3 is 4.42 Å². The number of non-ortho nitro benzene ring substituents is 1. The van der Waals surface area contributed by atoms with E-state index >= 15 is 0 Å². The fourth-order valence-electron chi connectivity index (χ4n) is 1.43. The van der Waals surface area contributed by atoms with Crippen LogP contribution in [0.5, 0.6) is 0 Å². The maximum Gasteiger partial charge on any atom is 0.270 e. The topological polar surface area (TPSA) is 73.3 Å². The predicted octanol–water partition coefficient (Wildman–Crippen LogP) is 3.46. The van der Waals surface area contributed by atoms with E-state index in [0.717, 1.165) is 10.7 Å². The van der Waals surface area contributed by atoms with Gasteiger partial charge in [0.2, 0.25) is 0 Å². The van der Waals surface area contributed by atoms with Crippen LogP contribution in [-0.4, -0.2) is 11.2 Å². The Labute approximate surface area is 107 Å². The summed E-state index contributed by atoms with van der Waals surface area (Å²) in [6, 6.07) is 6.00. The number of nitro groups is 1. The lowest BCUT2D eigenvalue weighted by atomic mass is 10.2. The van der Waals surface area contributed by atoms with E-state index in [2.05, 4.69) is 0 Å². The highest BCUT2D eigenvalue weighted by Crippen LogP contribution is 2.34. The minimum atomic E-state index is -0.523. The van der Waals surface area contributed by atoms with E-state index in [1.807, 2.05) is 6.92 Å². The van der Waals surface area contributed by atoms with E-state index in [4.69, 9.17) is 4.42 Å².